The Labute approximate surface area is 128 Å². The molecule has 0 bridgehead atoms. The number of halogens is 2. The lowest BCUT2D eigenvalue weighted by atomic mass is 10.1. The molecular weight excluding hydrogens is 291 g/mol. The SMILES string of the molecule is O=C(/C=C\c1ccc(Cl)cc1)/C=C\c1cccc(Cl)c1. The molecule has 3 heteroatoms. The van der Waals surface area contributed by atoms with E-state index in [1.54, 1.807) is 36.4 Å². The number of hydrogen-bond donors (Lipinski definition) is 0. The Morgan fingerprint density at radius 3 is 2.10 bits per heavy atom. The van der Waals surface area contributed by atoms with Gasteiger partial charge in [0.2, 0.25) is 0 Å². The predicted octanol–water partition coefficient (Wildman–Crippen LogP) is 5.29. The van der Waals surface area contributed by atoms with Crippen molar-refractivity contribution in [3.05, 3.63) is 81.9 Å². The van der Waals surface area contributed by atoms with Gasteiger partial charge in [0.25, 0.3) is 0 Å². The molecule has 0 radical (unpaired) electrons. The third kappa shape index (κ3) is 4.69. The van der Waals surface area contributed by atoms with E-state index in [0.29, 0.717) is 10.0 Å². The molecular formula is C17H12Cl2O. The van der Waals surface area contributed by atoms with Gasteiger partial charge in [-0.05, 0) is 47.5 Å². The third-order valence-corrected chi connectivity index (χ3v) is 3.09. The summed E-state index contributed by atoms with van der Waals surface area (Å²) in [6.07, 6.45) is 6.52. The molecule has 1 nitrogen and oxygen atoms in total. The van der Waals surface area contributed by atoms with Gasteiger partial charge in [-0.25, -0.2) is 0 Å². The molecule has 0 aromatic heterocycles. The van der Waals surface area contributed by atoms with Crippen molar-refractivity contribution in [2.24, 2.45) is 0 Å². The molecule has 0 atom stereocenters. The first-order valence-electron chi connectivity index (χ1n) is 6.05. The van der Waals surface area contributed by atoms with E-state index in [1.807, 2.05) is 24.3 Å². The summed E-state index contributed by atoms with van der Waals surface area (Å²) in [6.45, 7) is 0. The predicted molar refractivity (Wildman–Crippen MR) is 86.0 cm³/mol. The van der Waals surface area contributed by atoms with Gasteiger partial charge in [-0.1, -0.05) is 59.6 Å². The highest BCUT2D eigenvalue weighted by Crippen LogP contribution is 2.12. The summed E-state index contributed by atoms with van der Waals surface area (Å²) in [5.74, 6) is -0.0834. The number of hydrogen-bond acceptors (Lipinski definition) is 1. The molecule has 0 saturated carbocycles. The van der Waals surface area contributed by atoms with Gasteiger partial charge in [-0.2, -0.15) is 0 Å². The maximum absolute atomic E-state index is 11.7. The van der Waals surface area contributed by atoms with Crippen LogP contribution in [0.5, 0.6) is 0 Å². The second-order valence-electron chi connectivity index (χ2n) is 4.18. The number of carbonyl (C=O) groups is 1. The molecule has 2 aromatic rings. The Kier molecular flexibility index (Phi) is 5.16. The number of rotatable bonds is 4. The van der Waals surface area contributed by atoms with E-state index in [1.165, 1.54) is 12.2 Å². The Bertz CT molecular complexity index is 655. The fourth-order valence-corrected chi connectivity index (χ4v) is 1.92. The molecule has 20 heavy (non-hydrogen) atoms. The van der Waals surface area contributed by atoms with E-state index in [0.717, 1.165) is 11.1 Å². The second-order valence-corrected chi connectivity index (χ2v) is 5.05. The van der Waals surface area contributed by atoms with Gasteiger partial charge in [0.05, 0.1) is 0 Å². The average Bonchev–Trinajstić information content (AvgIpc) is 2.45. The monoisotopic (exact) mass is 302 g/mol. The summed E-state index contributed by atoms with van der Waals surface area (Å²) >= 11 is 11.7. The lowest BCUT2D eigenvalue weighted by molar-refractivity contribution is -0.110. The Morgan fingerprint density at radius 1 is 0.800 bits per heavy atom. The summed E-state index contributed by atoms with van der Waals surface area (Å²) in [6, 6.07) is 14.6. The Hall–Kier alpha value is -1.83. The van der Waals surface area contributed by atoms with E-state index in [2.05, 4.69) is 0 Å². The Morgan fingerprint density at radius 2 is 1.45 bits per heavy atom. The highest BCUT2D eigenvalue weighted by molar-refractivity contribution is 6.31. The lowest BCUT2D eigenvalue weighted by Gasteiger charge is -1.94. The molecule has 0 saturated heterocycles. The summed E-state index contributed by atoms with van der Waals surface area (Å²) < 4.78 is 0. The van der Waals surface area contributed by atoms with E-state index in [9.17, 15) is 4.79 Å². The van der Waals surface area contributed by atoms with Crippen molar-refractivity contribution in [3.63, 3.8) is 0 Å². The van der Waals surface area contributed by atoms with Crippen LogP contribution in [0.4, 0.5) is 0 Å². The van der Waals surface area contributed by atoms with Crippen molar-refractivity contribution in [2.75, 3.05) is 0 Å². The van der Waals surface area contributed by atoms with E-state index in [-0.39, 0.29) is 5.78 Å². The number of benzene rings is 2. The van der Waals surface area contributed by atoms with Crippen LogP contribution < -0.4 is 0 Å². The van der Waals surface area contributed by atoms with Gasteiger partial charge in [0, 0.05) is 10.0 Å². The summed E-state index contributed by atoms with van der Waals surface area (Å²) in [7, 11) is 0. The van der Waals surface area contributed by atoms with E-state index < -0.39 is 0 Å². The highest BCUT2D eigenvalue weighted by Gasteiger charge is 1.93. The maximum Gasteiger partial charge on any atom is 0.178 e. The molecule has 0 aliphatic heterocycles. The van der Waals surface area contributed by atoms with E-state index >= 15 is 0 Å². The summed E-state index contributed by atoms with van der Waals surface area (Å²) in [4.78, 5) is 11.7. The maximum atomic E-state index is 11.7. The number of ketones is 1. The van der Waals surface area contributed by atoms with Crippen molar-refractivity contribution in [2.45, 2.75) is 0 Å². The van der Waals surface area contributed by atoms with Crippen LogP contribution in [0.25, 0.3) is 12.2 Å². The van der Waals surface area contributed by atoms with Crippen molar-refractivity contribution in [1.29, 1.82) is 0 Å². The van der Waals surface area contributed by atoms with Crippen molar-refractivity contribution in [1.82, 2.24) is 0 Å². The van der Waals surface area contributed by atoms with Gasteiger partial charge >= 0.3 is 0 Å². The topological polar surface area (TPSA) is 17.1 Å². The number of carbonyl (C=O) groups excluding carboxylic acids is 1. The van der Waals surface area contributed by atoms with Gasteiger partial charge in [0.1, 0.15) is 0 Å². The van der Waals surface area contributed by atoms with Gasteiger partial charge in [-0.3, -0.25) is 4.79 Å². The van der Waals surface area contributed by atoms with Crippen LogP contribution in [0.1, 0.15) is 11.1 Å². The number of allylic oxidation sites excluding steroid dienone is 2. The first kappa shape index (κ1) is 14.6. The minimum absolute atomic E-state index is 0.0834. The molecule has 0 fully saturated rings. The van der Waals surface area contributed by atoms with Gasteiger partial charge in [-0.15, -0.1) is 0 Å². The van der Waals surface area contributed by atoms with Gasteiger partial charge in [0.15, 0.2) is 5.78 Å². The third-order valence-electron chi connectivity index (χ3n) is 2.60. The van der Waals surface area contributed by atoms with Crippen LogP contribution in [0, 0.1) is 0 Å². The molecule has 2 aromatic carbocycles. The molecule has 0 aliphatic rings. The van der Waals surface area contributed by atoms with Crippen LogP contribution in [-0.4, -0.2) is 5.78 Å². The van der Waals surface area contributed by atoms with Gasteiger partial charge < -0.3 is 0 Å². The van der Waals surface area contributed by atoms with Crippen LogP contribution >= 0.6 is 23.2 Å². The average molecular weight is 303 g/mol. The zero-order valence-electron chi connectivity index (χ0n) is 10.6. The molecule has 2 rings (SSSR count). The first-order valence-corrected chi connectivity index (χ1v) is 6.80. The van der Waals surface area contributed by atoms with E-state index in [4.69, 9.17) is 23.2 Å². The molecule has 0 unspecified atom stereocenters. The highest BCUT2D eigenvalue weighted by atomic mass is 35.5. The molecule has 0 spiro atoms. The minimum Gasteiger partial charge on any atom is -0.290 e. The molecule has 0 N–H and O–H groups in total. The Balaban J connectivity index is 2.00. The van der Waals surface area contributed by atoms with Crippen LogP contribution in [0.2, 0.25) is 10.0 Å². The standard InChI is InChI=1S/C17H12Cl2O/c18-15-8-4-13(5-9-15)6-10-17(20)11-7-14-2-1-3-16(19)12-14/h1-12H/b10-6-,11-7-. The fourth-order valence-electron chi connectivity index (χ4n) is 1.60. The van der Waals surface area contributed by atoms with Crippen LogP contribution in [0.15, 0.2) is 60.7 Å². The molecule has 0 aliphatic carbocycles. The normalized spacial score (nSPS) is 11.3. The fraction of sp³-hybridized carbons (Fsp3) is 0. The molecule has 100 valence electrons. The quantitative estimate of drug-likeness (QED) is 0.701. The van der Waals surface area contributed by atoms with Crippen molar-refractivity contribution < 1.29 is 4.79 Å². The second kappa shape index (κ2) is 7.09. The van der Waals surface area contributed by atoms with Crippen LogP contribution in [0.3, 0.4) is 0 Å². The van der Waals surface area contributed by atoms with Crippen molar-refractivity contribution in [3.8, 4) is 0 Å². The van der Waals surface area contributed by atoms with Crippen molar-refractivity contribution >= 4 is 41.1 Å². The largest absolute Gasteiger partial charge is 0.290 e. The summed E-state index contributed by atoms with van der Waals surface area (Å²) in [5, 5.41) is 1.32. The zero-order chi connectivity index (χ0) is 14.4. The van der Waals surface area contributed by atoms with Crippen LogP contribution in [-0.2, 0) is 4.79 Å². The smallest absolute Gasteiger partial charge is 0.178 e. The summed E-state index contributed by atoms with van der Waals surface area (Å²) in [5.41, 5.74) is 1.82. The molecule has 0 amide bonds. The first-order chi connectivity index (χ1) is 9.63. The molecule has 0 heterocycles. The lowest BCUT2D eigenvalue weighted by Crippen LogP contribution is -1.84. The zero-order valence-corrected chi connectivity index (χ0v) is 12.1. The minimum atomic E-state index is -0.0834.